The van der Waals surface area contributed by atoms with Crippen LogP contribution >= 0.6 is 0 Å². The second kappa shape index (κ2) is 10.1. The van der Waals surface area contributed by atoms with Gasteiger partial charge in [0, 0.05) is 31.7 Å². The van der Waals surface area contributed by atoms with E-state index in [0.717, 1.165) is 63.8 Å². The monoisotopic (exact) mass is 474 g/mol. The van der Waals surface area contributed by atoms with Crippen molar-refractivity contribution < 1.29 is 14.4 Å². The van der Waals surface area contributed by atoms with Gasteiger partial charge in [-0.3, -0.25) is 19.3 Å². The largest absolute Gasteiger partial charge is 0.358 e. The van der Waals surface area contributed by atoms with Crippen LogP contribution in [0.1, 0.15) is 53.6 Å². The van der Waals surface area contributed by atoms with Crippen LogP contribution < -0.4 is 15.1 Å². The van der Waals surface area contributed by atoms with Gasteiger partial charge in [0.25, 0.3) is 5.91 Å². The Balaban J connectivity index is 1.34. The number of anilines is 2. The minimum absolute atomic E-state index is 0.000941. The molecule has 7 heteroatoms. The van der Waals surface area contributed by atoms with Gasteiger partial charge in [0.2, 0.25) is 11.8 Å². The summed E-state index contributed by atoms with van der Waals surface area (Å²) in [6.07, 6.45) is 5.63. The summed E-state index contributed by atoms with van der Waals surface area (Å²) in [4.78, 5) is 45.1. The summed E-state index contributed by atoms with van der Waals surface area (Å²) >= 11 is 0. The smallest absolute Gasteiger partial charge is 0.253 e. The number of piperidine rings is 1. The second-order valence-corrected chi connectivity index (χ2v) is 9.92. The molecule has 0 radical (unpaired) electrons. The van der Waals surface area contributed by atoms with Crippen LogP contribution in [0.2, 0.25) is 0 Å². The Morgan fingerprint density at radius 3 is 2.46 bits per heavy atom. The van der Waals surface area contributed by atoms with Crippen molar-refractivity contribution in [1.29, 1.82) is 0 Å². The van der Waals surface area contributed by atoms with Gasteiger partial charge < -0.3 is 15.1 Å². The molecule has 3 aliphatic rings. The maximum absolute atomic E-state index is 13.5. The highest BCUT2D eigenvalue weighted by Crippen LogP contribution is 2.40. The SMILES string of the molecule is Cc1ccc(CCNC(=O)CN2C(=O)C3CCCCN3c3ccc(C(=O)N4CCCC4)cc32)cc1. The first-order chi connectivity index (χ1) is 17.0. The summed E-state index contributed by atoms with van der Waals surface area (Å²) < 4.78 is 0. The maximum Gasteiger partial charge on any atom is 0.253 e. The number of amides is 3. The van der Waals surface area contributed by atoms with E-state index in [9.17, 15) is 14.4 Å². The van der Waals surface area contributed by atoms with Crippen LogP contribution in [-0.4, -0.2) is 61.4 Å². The summed E-state index contributed by atoms with van der Waals surface area (Å²) in [7, 11) is 0. The third-order valence-electron chi connectivity index (χ3n) is 7.43. The molecule has 3 amide bonds. The molecule has 3 aliphatic heterocycles. The standard InChI is InChI=1S/C28H34N4O3/c1-20-7-9-21(10-8-20)13-14-29-26(33)19-32-25-18-22(27(34)30-15-4-5-16-30)11-12-23(25)31-17-3-2-6-24(31)28(32)35/h7-12,18,24H,2-6,13-17,19H2,1H3,(H,29,33). The number of rotatable bonds is 6. The van der Waals surface area contributed by atoms with Crippen molar-refractivity contribution in [1.82, 2.24) is 10.2 Å². The van der Waals surface area contributed by atoms with Crippen molar-refractivity contribution in [2.75, 3.05) is 42.5 Å². The fourth-order valence-corrected chi connectivity index (χ4v) is 5.46. The van der Waals surface area contributed by atoms with Crippen LogP contribution in [-0.2, 0) is 16.0 Å². The number of hydrogen-bond acceptors (Lipinski definition) is 4. The Bertz CT molecular complexity index is 1110. The second-order valence-electron chi connectivity index (χ2n) is 9.92. The Hall–Kier alpha value is -3.35. The van der Waals surface area contributed by atoms with Crippen molar-refractivity contribution >= 4 is 29.1 Å². The van der Waals surface area contributed by atoms with E-state index in [2.05, 4.69) is 41.4 Å². The predicted molar refractivity (Wildman–Crippen MR) is 137 cm³/mol. The molecule has 1 N–H and O–H groups in total. The lowest BCUT2D eigenvalue weighted by Crippen LogP contribution is -2.57. The maximum atomic E-state index is 13.5. The van der Waals surface area contributed by atoms with Crippen LogP contribution in [0, 0.1) is 6.92 Å². The fourth-order valence-electron chi connectivity index (χ4n) is 5.46. The zero-order valence-electron chi connectivity index (χ0n) is 20.5. The highest BCUT2D eigenvalue weighted by atomic mass is 16.2. The number of fused-ring (bicyclic) bond motifs is 3. The molecule has 2 fully saturated rings. The number of likely N-dealkylation sites (tertiary alicyclic amines) is 1. The number of hydrogen-bond donors (Lipinski definition) is 1. The van der Waals surface area contributed by atoms with E-state index >= 15 is 0 Å². The first-order valence-electron chi connectivity index (χ1n) is 12.8. The van der Waals surface area contributed by atoms with Crippen LogP contribution in [0.25, 0.3) is 0 Å². The first kappa shape index (κ1) is 23.4. The molecule has 35 heavy (non-hydrogen) atoms. The molecule has 1 unspecified atom stereocenters. The van der Waals surface area contributed by atoms with Crippen LogP contribution in [0.4, 0.5) is 11.4 Å². The van der Waals surface area contributed by atoms with Gasteiger partial charge in [-0.2, -0.15) is 0 Å². The zero-order valence-corrected chi connectivity index (χ0v) is 20.5. The van der Waals surface area contributed by atoms with E-state index in [1.165, 1.54) is 11.1 Å². The molecule has 2 aromatic rings. The average Bonchev–Trinajstić information content (AvgIpc) is 3.42. The molecular weight excluding hydrogens is 440 g/mol. The van der Waals surface area contributed by atoms with Crippen molar-refractivity contribution in [3.63, 3.8) is 0 Å². The highest BCUT2D eigenvalue weighted by molar-refractivity contribution is 6.09. The fraction of sp³-hybridized carbons (Fsp3) is 0.464. The first-order valence-corrected chi connectivity index (χ1v) is 12.8. The van der Waals surface area contributed by atoms with E-state index < -0.39 is 0 Å². The lowest BCUT2D eigenvalue weighted by molar-refractivity contribution is -0.124. The van der Waals surface area contributed by atoms with E-state index in [1.807, 2.05) is 23.1 Å². The summed E-state index contributed by atoms with van der Waals surface area (Å²) in [5, 5.41) is 2.98. The third kappa shape index (κ3) is 4.90. The third-order valence-corrected chi connectivity index (χ3v) is 7.43. The van der Waals surface area contributed by atoms with E-state index in [4.69, 9.17) is 0 Å². The molecule has 0 bridgehead atoms. The van der Waals surface area contributed by atoms with Crippen molar-refractivity contribution in [2.24, 2.45) is 0 Å². The molecule has 184 valence electrons. The van der Waals surface area contributed by atoms with E-state index in [0.29, 0.717) is 17.8 Å². The lowest BCUT2D eigenvalue weighted by atomic mass is 9.95. The average molecular weight is 475 g/mol. The van der Waals surface area contributed by atoms with Crippen LogP contribution in [0.3, 0.4) is 0 Å². The topological polar surface area (TPSA) is 73.0 Å². The van der Waals surface area contributed by atoms with Gasteiger partial charge in [-0.15, -0.1) is 0 Å². The summed E-state index contributed by atoms with van der Waals surface area (Å²) in [6, 6.07) is 13.7. The van der Waals surface area contributed by atoms with Crippen LogP contribution in [0.15, 0.2) is 42.5 Å². The number of carbonyl (C=O) groups is 3. The van der Waals surface area contributed by atoms with Gasteiger partial charge in [0.1, 0.15) is 12.6 Å². The van der Waals surface area contributed by atoms with E-state index in [-0.39, 0.29) is 30.3 Å². The van der Waals surface area contributed by atoms with Gasteiger partial charge >= 0.3 is 0 Å². The molecule has 5 rings (SSSR count). The number of nitrogens with zero attached hydrogens (tertiary/aromatic N) is 3. The Labute approximate surface area is 207 Å². The summed E-state index contributed by atoms with van der Waals surface area (Å²) in [5.74, 6) is -0.227. The quantitative estimate of drug-likeness (QED) is 0.697. The van der Waals surface area contributed by atoms with Gasteiger partial charge in [-0.1, -0.05) is 29.8 Å². The molecule has 2 saturated heterocycles. The van der Waals surface area contributed by atoms with Crippen molar-refractivity contribution in [3.05, 3.63) is 59.2 Å². The number of benzene rings is 2. The van der Waals surface area contributed by atoms with Crippen LogP contribution in [0.5, 0.6) is 0 Å². The minimum Gasteiger partial charge on any atom is -0.358 e. The molecule has 0 aliphatic carbocycles. The molecule has 0 spiro atoms. The number of nitrogens with one attached hydrogen (secondary N) is 1. The van der Waals surface area contributed by atoms with Gasteiger partial charge in [0.05, 0.1) is 11.4 Å². The molecular formula is C28H34N4O3. The molecule has 2 aromatic carbocycles. The minimum atomic E-state index is -0.239. The Morgan fingerprint density at radius 2 is 1.69 bits per heavy atom. The van der Waals surface area contributed by atoms with Gasteiger partial charge in [-0.25, -0.2) is 0 Å². The molecule has 1 atom stereocenters. The normalized spacial score (nSPS) is 19.4. The zero-order chi connectivity index (χ0) is 24.4. The van der Waals surface area contributed by atoms with Crippen molar-refractivity contribution in [3.8, 4) is 0 Å². The highest BCUT2D eigenvalue weighted by Gasteiger charge is 2.40. The summed E-state index contributed by atoms with van der Waals surface area (Å²) in [5.41, 5.74) is 4.57. The molecule has 7 nitrogen and oxygen atoms in total. The molecule has 0 aromatic heterocycles. The molecule has 3 heterocycles. The predicted octanol–water partition coefficient (Wildman–Crippen LogP) is 3.30. The Morgan fingerprint density at radius 1 is 0.943 bits per heavy atom. The number of aryl methyl sites for hydroxylation is 1. The number of carbonyl (C=O) groups excluding carboxylic acids is 3. The van der Waals surface area contributed by atoms with E-state index in [1.54, 1.807) is 4.90 Å². The lowest BCUT2D eigenvalue weighted by Gasteiger charge is -2.45. The summed E-state index contributed by atoms with van der Waals surface area (Å²) in [6.45, 7) is 4.90. The van der Waals surface area contributed by atoms with Gasteiger partial charge in [0.15, 0.2) is 0 Å². The van der Waals surface area contributed by atoms with Gasteiger partial charge in [-0.05, 0) is 69.2 Å². The Kier molecular flexibility index (Phi) is 6.75. The molecule has 0 saturated carbocycles. The van der Waals surface area contributed by atoms with Crippen molar-refractivity contribution in [2.45, 2.75) is 51.5 Å².